The van der Waals surface area contributed by atoms with Crippen LogP contribution in [0.5, 0.6) is 0 Å². The molecule has 1 aliphatic heterocycles. The highest BCUT2D eigenvalue weighted by molar-refractivity contribution is 5.67. The van der Waals surface area contributed by atoms with E-state index in [0.29, 0.717) is 25.7 Å². The number of amides is 1. The summed E-state index contributed by atoms with van der Waals surface area (Å²) in [7, 11) is 1.41. The smallest absolute Gasteiger partial charge is 0.409 e. The zero-order valence-electron chi connectivity index (χ0n) is 13.6. The number of aromatic amines is 1. The average Bonchev–Trinajstić information content (AvgIpc) is 3.09. The number of aromatic nitrogens is 2. The molecule has 0 unspecified atom stereocenters. The average molecular weight is 332 g/mol. The van der Waals surface area contributed by atoms with E-state index in [9.17, 15) is 9.18 Å². The molecule has 7 heteroatoms. The number of H-pyrrole nitrogens is 1. The summed E-state index contributed by atoms with van der Waals surface area (Å²) in [6, 6.07) is 6.70. The van der Waals surface area contributed by atoms with Gasteiger partial charge >= 0.3 is 6.09 Å². The molecule has 1 saturated heterocycles. The van der Waals surface area contributed by atoms with Crippen LogP contribution in [-0.2, 0) is 11.3 Å². The topological polar surface area (TPSA) is 70.2 Å². The minimum absolute atomic E-state index is 0.254. The van der Waals surface area contributed by atoms with Crippen LogP contribution in [0.25, 0.3) is 11.3 Å². The van der Waals surface area contributed by atoms with Crippen molar-refractivity contribution in [3.63, 3.8) is 0 Å². The van der Waals surface area contributed by atoms with E-state index < -0.39 is 0 Å². The molecule has 0 radical (unpaired) electrons. The van der Waals surface area contributed by atoms with Gasteiger partial charge in [-0.25, -0.2) is 9.18 Å². The summed E-state index contributed by atoms with van der Waals surface area (Å²) in [6.07, 6.45) is 3.30. The molecule has 6 nitrogen and oxygen atoms in total. The maximum absolute atomic E-state index is 13.1. The fourth-order valence-electron chi connectivity index (χ4n) is 2.96. The second kappa shape index (κ2) is 7.44. The fourth-order valence-corrected chi connectivity index (χ4v) is 2.96. The number of nitrogens with zero attached hydrogens (tertiary/aromatic N) is 2. The number of ether oxygens (including phenoxy) is 1. The molecule has 1 amide bonds. The number of hydrogen-bond acceptors (Lipinski definition) is 4. The maximum atomic E-state index is 13.1. The second-order valence-corrected chi connectivity index (χ2v) is 5.89. The van der Waals surface area contributed by atoms with E-state index in [1.165, 1.54) is 19.2 Å². The molecule has 2 N–H and O–H groups in total. The lowest BCUT2D eigenvalue weighted by molar-refractivity contribution is 0.109. The van der Waals surface area contributed by atoms with Gasteiger partial charge in [-0.15, -0.1) is 0 Å². The Balaban J connectivity index is 1.56. The van der Waals surface area contributed by atoms with E-state index in [-0.39, 0.29) is 11.9 Å². The lowest BCUT2D eigenvalue weighted by Gasteiger charge is -2.31. The van der Waals surface area contributed by atoms with Crippen LogP contribution in [0.15, 0.2) is 30.5 Å². The summed E-state index contributed by atoms with van der Waals surface area (Å²) in [5.41, 5.74) is 2.85. The Morgan fingerprint density at radius 2 is 2.08 bits per heavy atom. The number of benzene rings is 1. The van der Waals surface area contributed by atoms with Gasteiger partial charge in [-0.3, -0.25) is 5.10 Å². The first-order valence-electron chi connectivity index (χ1n) is 8.02. The maximum Gasteiger partial charge on any atom is 0.409 e. The van der Waals surface area contributed by atoms with Crippen LogP contribution >= 0.6 is 0 Å². The number of piperidine rings is 1. The number of hydrogen-bond donors (Lipinski definition) is 2. The summed E-state index contributed by atoms with van der Waals surface area (Å²) in [5.74, 6) is -0.254. The minimum atomic E-state index is -0.262. The van der Waals surface area contributed by atoms with Crippen LogP contribution in [0, 0.1) is 5.82 Å². The predicted octanol–water partition coefficient (Wildman–Crippen LogP) is 2.54. The molecule has 0 aliphatic carbocycles. The highest BCUT2D eigenvalue weighted by Crippen LogP contribution is 2.22. The summed E-state index contributed by atoms with van der Waals surface area (Å²) in [6.45, 7) is 2.06. The molecule has 1 aliphatic rings. The zero-order valence-corrected chi connectivity index (χ0v) is 13.6. The van der Waals surface area contributed by atoms with E-state index in [4.69, 9.17) is 4.74 Å². The Morgan fingerprint density at radius 3 is 2.75 bits per heavy atom. The van der Waals surface area contributed by atoms with Gasteiger partial charge in [0.1, 0.15) is 5.82 Å². The van der Waals surface area contributed by atoms with E-state index in [1.807, 2.05) is 0 Å². The molecule has 2 heterocycles. The van der Waals surface area contributed by atoms with Crippen molar-refractivity contribution in [1.82, 2.24) is 20.4 Å². The number of rotatable bonds is 4. The molecular weight excluding hydrogens is 311 g/mol. The van der Waals surface area contributed by atoms with Crippen molar-refractivity contribution in [3.8, 4) is 11.3 Å². The molecule has 1 fully saturated rings. The van der Waals surface area contributed by atoms with Gasteiger partial charge in [0.25, 0.3) is 0 Å². The highest BCUT2D eigenvalue weighted by Gasteiger charge is 2.23. The van der Waals surface area contributed by atoms with Crippen molar-refractivity contribution in [2.45, 2.75) is 25.4 Å². The standard InChI is InChI=1S/C17H21FN4O2/c1-24-17(23)22-8-6-15(7-9-22)19-10-13-11-20-21-16(13)12-2-4-14(18)5-3-12/h2-5,11,15,19H,6-10H2,1H3,(H,20,21). The second-order valence-electron chi connectivity index (χ2n) is 5.89. The van der Waals surface area contributed by atoms with Crippen LogP contribution in [0.2, 0.25) is 0 Å². The minimum Gasteiger partial charge on any atom is -0.453 e. The molecule has 0 spiro atoms. The Bertz CT molecular complexity index is 678. The Kier molecular flexibility index (Phi) is 5.10. The van der Waals surface area contributed by atoms with E-state index in [0.717, 1.165) is 29.7 Å². The predicted molar refractivity (Wildman–Crippen MR) is 87.8 cm³/mol. The molecule has 1 aromatic carbocycles. The fraction of sp³-hybridized carbons (Fsp3) is 0.412. The van der Waals surface area contributed by atoms with E-state index >= 15 is 0 Å². The van der Waals surface area contributed by atoms with E-state index in [2.05, 4.69) is 15.5 Å². The van der Waals surface area contributed by atoms with Crippen LogP contribution in [0.3, 0.4) is 0 Å². The van der Waals surface area contributed by atoms with Gasteiger partial charge in [-0.2, -0.15) is 5.10 Å². The van der Waals surface area contributed by atoms with Crippen molar-refractivity contribution in [2.75, 3.05) is 20.2 Å². The zero-order chi connectivity index (χ0) is 16.9. The number of methoxy groups -OCH3 is 1. The first-order chi connectivity index (χ1) is 11.7. The Labute approximate surface area is 140 Å². The van der Waals surface area contributed by atoms with Crippen molar-refractivity contribution < 1.29 is 13.9 Å². The third kappa shape index (κ3) is 3.73. The third-order valence-corrected chi connectivity index (χ3v) is 4.36. The van der Waals surface area contributed by atoms with Crippen molar-refractivity contribution >= 4 is 6.09 Å². The lowest BCUT2D eigenvalue weighted by Crippen LogP contribution is -2.44. The number of halogens is 1. The first-order valence-corrected chi connectivity index (χ1v) is 8.02. The van der Waals surface area contributed by atoms with Gasteiger partial charge in [-0.05, 0) is 37.1 Å². The molecule has 0 saturated carbocycles. The lowest BCUT2D eigenvalue weighted by atomic mass is 10.0. The van der Waals surface area contributed by atoms with E-state index in [1.54, 1.807) is 23.2 Å². The molecule has 3 rings (SSSR count). The van der Waals surface area contributed by atoms with Crippen molar-refractivity contribution in [1.29, 1.82) is 0 Å². The van der Waals surface area contributed by atoms with Crippen LogP contribution in [-0.4, -0.2) is 47.4 Å². The Morgan fingerprint density at radius 1 is 1.38 bits per heavy atom. The number of carbonyl (C=O) groups excluding carboxylic acids is 1. The molecule has 2 aromatic rings. The molecule has 0 atom stereocenters. The number of carbonyl (C=O) groups is 1. The third-order valence-electron chi connectivity index (χ3n) is 4.36. The summed E-state index contributed by atoms with van der Waals surface area (Å²) >= 11 is 0. The highest BCUT2D eigenvalue weighted by atomic mass is 19.1. The summed E-state index contributed by atoms with van der Waals surface area (Å²) < 4.78 is 17.8. The summed E-state index contributed by atoms with van der Waals surface area (Å²) in [5, 5.41) is 10.6. The normalized spacial score (nSPS) is 15.5. The van der Waals surface area contributed by atoms with Gasteiger partial charge in [0.05, 0.1) is 19.0 Å². The van der Waals surface area contributed by atoms with Crippen LogP contribution in [0.4, 0.5) is 9.18 Å². The molecular formula is C17H21FN4O2. The summed E-state index contributed by atoms with van der Waals surface area (Å²) in [4.78, 5) is 13.2. The van der Waals surface area contributed by atoms with Crippen LogP contribution in [0.1, 0.15) is 18.4 Å². The number of nitrogens with one attached hydrogen (secondary N) is 2. The quantitative estimate of drug-likeness (QED) is 0.903. The molecule has 128 valence electrons. The molecule has 24 heavy (non-hydrogen) atoms. The monoisotopic (exact) mass is 332 g/mol. The van der Waals surface area contributed by atoms with Gasteiger partial charge in [0.2, 0.25) is 0 Å². The van der Waals surface area contributed by atoms with Gasteiger partial charge in [0.15, 0.2) is 0 Å². The molecule has 0 bridgehead atoms. The molecule has 1 aromatic heterocycles. The largest absolute Gasteiger partial charge is 0.453 e. The number of likely N-dealkylation sites (tertiary alicyclic amines) is 1. The van der Waals surface area contributed by atoms with Crippen molar-refractivity contribution in [2.24, 2.45) is 0 Å². The Hall–Kier alpha value is -2.41. The first kappa shape index (κ1) is 16.4. The SMILES string of the molecule is COC(=O)N1CCC(NCc2cn[nH]c2-c2ccc(F)cc2)CC1. The van der Waals surface area contributed by atoms with Gasteiger partial charge in [0, 0.05) is 36.8 Å². The van der Waals surface area contributed by atoms with Crippen molar-refractivity contribution in [3.05, 3.63) is 41.8 Å². The van der Waals surface area contributed by atoms with Crippen LogP contribution < -0.4 is 5.32 Å². The van der Waals surface area contributed by atoms with Gasteiger partial charge < -0.3 is 15.0 Å². The van der Waals surface area contributed by atoms with Gasteiger partial charge in [-0.1, -0.05) is 0 Å².